The van der Waals surface area contributed by atoms with Gasteiger partial charge in [-0.1, -0.05) is 12.1 Å². The van der Waals surface area contributed by atoms with Gasteiger partial charge >= 0.3 is 0 Å². The van der Waals surface area contributed by atoms with Crippen molar-refractivity contribution >= 4 is 22.3 Å². The summed E-state index contributed by atoms with van der Waals surface area (Å²) in [4.78, 5) is 3.44. The van der Waals surface area contributed by atoms with Gasteiger partial charge in [0, 0.05) is 24.6 Å². The molecular formula is C19H21N2O2+. The molecule has 0 amide bonds. The van der Waals surface area contributed by atoms with Crippen molar-refractivity contribution in [2.75, 3.05) is 19.5 Å². The number of aromatic amines is 1. The first-order valence-corrected chi connectivity index (χ1v) is 7.53. The maximum Gasteiger partial charge on any atom is 0.216 e. The lowest BCUT2D eigenvalue weighted by atomic mass is 10.1. The predicted octanol–water partition coefficient (Wildman–Crippen LogP) is 4.03. The lowest BCUT2D eigenvalue weighted by Crippen LogP contribution is -2.11. The lowest BCUT2D eigenvalue weighted by molar-refractivity contribution is -0.354. The smallest absolute Gasteiger partial charge is 0.216 e. The largest absolute Gasteiger partial charge is 0.497 e. The third kappa shape index (κ3) is 2.93. The number of benzene rings is 2. The number of fused-ring (bicyclic) bond motifs is 1. The molecule has 0 unspecified atom stereocenters. The molecule has 0 aliphatic rings. The third-order valence-electron chi connectivity index (χ3n) is 3.92. The highest BCUT2D eigenvalue weighted by Crippen LogP contribution is 2.33. The molecule has 3 rings (SSSR count). The first-order valence-electron chi connectivity index (χ1n) is 7.53. The van der Waals surface area contributed by atoms with Crippen LogP contribution in [0, 0.1) is 13.8 Å². The Labute approximate surface area is 136 Å². The molecule has 23 heavy (non-hydrogen) atoms. The van der Waals surface area contributed by atoms with Crippen LogP contribution in [0.1, 0.15) is 11.3 Å². The Morgan fingerprint density at radius 2 is 1.74 bits per heavy atom. The first kappa shape index (κ1) is 15.2. The van der Waals surface area contributed by atoms with E-state index in [-0.39, 0.29) is 0 Å². The maximum atomic E-state index is 5.48. The van der Waals surface area contributed by atoms with Gasteiger partial charge in [0.15, 0.2) is 5.69 Å². The SMILES string of the molecule is COc1ccc(Nc2cc(C)[nH+]c3c(C)cccc23)c(OC)c1. The summed E-state index contributed by atoms with van der Waals surface area (Å²) in [5.41, 5.74) is 5.41. The summed E-state index contributed by atoms with van der Waals surface area (Å²) in [6.07, 6.45) is 0. The molecule has 1 aromatic heterocycles. The van der Waals surface area contributed by atoms with Crippen molar-refractivity contribution < 1.29 is 14.5 Å². The number of H-pyrrole nitrogens is 1. The van der Waals surface area contributed by atoms with Crippen molar-refractivity contribution in [3.63, 3.8) is 0 Å². The molecule has 0 spiro atoms. The second-order valence-electron chi connectivity index (χ2n) is 5.55. The number of rotatable bonds is 4. The Bertz CT molecular complexity index is 859. The molecule has 2 aromatic carbocycles. The number of pyridine rings is 1. The molecule has 0 saturated carbocycles. The molecular weight excluding hydrogens is 288 g/mol. The van der Waals surface area contributed by atoms with E-state index >= 15 is 0 Å². The molecule has 4 heteroatoms. The minimum atomic E-state index is 0.746. The van der Waals surface area contributed by atoms with E-state index in [4.69, 9.17) is 9.47 Å². The lowest BCUT2D eigenvalue weighted by Gasteiger charge is -2.13. The molecule has 3 aromatic rings. The van der Waals surface area contributed by atoms with Crippen molar-refractivity contribution in [1.29, 1.82) is 0 Å². The predicted molar refractivity (Wildman–Crippen MR) is 92.8 cm³/mol. The molecule has 4 nitrogen and oxygen atoms in total. The normalized spacial score (nSPS) is 10.6. The van der Waals surface area contributed by atoms with E-state index in [1.54, 1.807) is 14.2 Å². The fourth-order valence-corrected chi connectivity index (χ4v) is 2.74. The minimum Gasteiger partial charge on any atom is -0.497 e. The van der Waals surface area contributed by atoms with Gasteiger partial charge in [-0.15, -0.1) is 0 Å². The van der Waals surface area contributed by atoms with Crippen LogP contribution in [0.5, 0.6) is 11.5 Å². The highest BCUT2D eigenvalue weighted by Gasteiger charge is 2.13. The van der Waals surface area contributed by atoms with Gasteiger partial charge in [-0.25, -0.2) is 4.98 Å². The number of para-hydroxylation sites is 1. The van der Waals surface area contributed by atoms with Gasteiger partial charge in [0.2, 0.25) is 5.52 Å². The molecule has 0 aliphatic carbocycles. The molecule has 0 aliphatic heterocycles. The summed E-state index contributed by atoms with van der Waals surface area (Å²) < 4.78 is 10.7. The second kappa shape index (κ2) is 6.16. The molecule has 0 atom stereocenters. The number of anilines is 2. The molecule has 0 saturated heterocycles. The summed E-state index contributed by atoms with van der Waals surface area (Å²) in [6, 6.07) is 14.1. The number of aryl methyl sites for hydroxylation is 2. The van der Waals surface area contributed by atoms with Crippen LogP contribution in [-0.2, 0) is 0 Å². The fraction of sp³-hybridized carbons (Fsp3) is 0.211. The van der Waals surface area contributed by atoms with E-state index in [1.165, 1.54) is 5.56 Å². The van der Waals surface area contributed by atoms with Gasteiger partial charge in [-0.05, 0) is 25.1 Å². The van der Waals surface area contributed by atoms with Gasteiger partial charge in [-0.3, -0.25) is 0 Å². The number of nitrogens with one attached hydrogen (secondary N) is 2. The Balaban J connectivity index is 2.10. The summed E-state index contributed by atoms with van der Waals surface area (Å²) in [7, 11) is 3.31. The Hall–Kier alpha value is -2.75. The van der Waals surface area contributed by atoms with Crippen LogP contribution >= 0.6 is 0 Å². The van der Waals surface area contributed by atoms with Gasteiger partial charge in [0.05, 0.1) is 31.0 Å². The topological polar surface area (TPSA) is 44.6 Å². The zero-order valence-electron chi connectivity index (χ0n) is 13.9. The number of aromatic nitrogens is 1. The van der Waals surface area contributed by atoms with Crippen LogP contribution in [0.3, 0.4) is 0 Å². The zero-order chi connectivity index (χ0) is 16.4. The number of methoxy groups -OCH3 is 2. The second-order valence-corrected chi connectivity index (χ2v) is 5.55. The van der Waals surface area contributed by atoms with Crippen molar-refractivity contribution in [2.45, 2.75) is 13.8 Å². The number of hydrogen-bond acceptors (Lipinski definition) is 3. The van der Waals surface area contributed by atoms with Gasteiger partial charge in [-0.2, -0.15) is 0 Å². The van der Waals surface area contributed by atoms with E-state index in [2.05, 4.69) is 48.4 Å². The monoisotopic (exact) mass is 309 g/mol. The van der Waals surface area contributed by atoms with Gasteiger partial charge < -0.3 is 14.8 Å². The van der Waals surface area contributed by atoms with Crippen molar-refractivity contribution in [1.82, 2.24) is 0 Å². The van der Waals surface area contributed by atoms with Gasteiger partial charge in [0.1, 0.15) is 11.5 Å². The van der Waals surface area contributed by atoms with Crippen LogP contribution in [0.15, 0.2) is 42.5 Å². The summed E-state index contributed by atoms with van der Waals surface area (Å²) in [5, 5.41) is 4.63. The van der Waals surface area contributed by atoms with E-state index in [0.29, 0.717) is 0 Å². The summed E-state index contributed by atoms with van der Waals surface area (Å²) >= 11 is 0. The van der Waals surface area contributed by atoms with Crippen LogP contribution in [0.4, 0.5) is 11.4 Å². The van der Waals surface area contributed by atoms with Crippen molar-refractivity contribution in [2.24, 2.45) is 0 Å². The van der Waals surface area contributed by atoms with Crippen LogP contribution in [0.2, 0.25) is 0 Å². The Morgan fingerprint density at radius 3 is 2.48 bits per heavy atom. The zero-order valence-corrected chi connectivity index (χ0v) is 13.9. The highest BCUT2D eigenvalue weighted by molar-refractivity contribution is 5.93. The average Bonchev–Trinajstić information content (AvgIpc) is 2.56. The number of ether oxygens (including phenoxy) is 2. The molecule has 0 fully saturated rings. The molecule has 0 radical (unpaired) electrons. The van der Waals surface area contributed by atoms with Crippen LogP contribution < -0.4 is 19.8 Å². The molecule has 118 valence electrons. The van der Waals surface area contributed by atoms with Crippen LogP contribution in [0.25, 0.3) is 10.9 Å². The quantitative estimate of drug-likeness (QED) is 0.791. The molecule has 1 heterocycles. The maximum absolute atomic E-state index is 5.48. The standard InChI is InChI=1S/C19H20N2O2/c1-12-6-5-7-15-17(10-13(2)20-19(12)15)21-16-9-8-14(22-3)11-18(16)23-4/h5-11H,1-4H3,(H,20,21)/p+1. The number of hydrogen-bond donors (Lipinski definition) is 1. The van der Waals surface area contributed by atoms with Crippen molar-refractivity contribution in [3.05, 3.63) is 53.7 Å². The van der Waals surface area contributed by atoms with E-state index in [0.717, 1.165) is 39.5 Å². The summed E-state index contributed by atoms with van der Waals surface area (Å²) in [5.74, 6) is 1.52. The van der Waals surface area contributed by atoms with Crippen molar-refractivity contribution in [3.8, 4) is 11.5 Å². The Kier molecular flexibility index (Phi) is 4.06. The first-order chi connectivity index (χ1) is 11.1. The van der Waals surface area contributed by atoms with Gasteiger partial charge in [0.25, 0.3) is 0 Å². The third-order valence-corrected chi connectivity index (χ3v) is 3.92. The minimum absolute atomic E-state index is 0.746. The molecule has 0 bridgehead atoms. The van der Waals surface area contributed by atoms with E-state index < -0.39 is 0 Å². The molecule has 2 N–H and O–H groups in total. The average molecular weight is 309 g/mol. The Morgan fingerprint density at radius 1 is 0.913 bits per heavy atom. The van der Waals surface area contributed by atoms with Crippen LogP contribution in [-0.4, -0.2) is 14.2 Å². The highest BCUT2D eigenvalue weighted by atomic mass is 16.5. The summed E-state index contributed by atoms with van der Waals surface area (Å²) in [6.45, 7) is 4.17. The van der Waals surface area contributed by atoms with E-state index in [9.17, 15) is 0 Å². The fourth-order valence-electron chi connectivity index (χ4n) is 2.74. The van der Waals surface area contributed by atoms with E-state index in [1.807, 2.05) is 18.2 Å².